The van der Waals surface area contributed by atoms with Crippen LogP contribution >= 0.6 is 11.8 Å². The summed E-state index contributed by atoms with van der Waals surface area (Å²) in [6, 6.07) is 16.9. The monoisotopic (exact) mass is 366 g/mol. The Bertz CT molecular complexity index is 745. The van der Waals surface area contributed by atoms with E-state index in [0.29, 0.717) is 6.54 Å². The largest absolute Gasteiger partial charge is 0.351 e. The minimum absolute atomic E-state index is 0.00153. The van der Waals surface area contributed by atoms with E-state index in [4.69, 9.17) is 0 Å². The van der Waals surface area contributed by atoms with E-state index in [1.54, 1.807) is 11.8 Å². The maximum Gasteiger partial charge on any atom is 0.234 e. The third-order valence-corrected chi connectivity index (χ3v) is 6.67. The summed E-state index contributed by atoms with van der Waals surface area (Å²) in [5.41, 5.74) is 3.88. The van der Waals surface area contributed by atoms with Crippen LogP contribution in [-0.4, -0.2) is 29.1 Å². The smallest absolute Gasteiger partial charge is 0.234 e. The molecule has 26 heavy (non-hydrogen) atoms. The van der Waals surface area contributed by atoms with Crippen molar-refractivity contribution in [2.75, 3.05) is 13.1 Å². The van der Waals surface area contributed by atoms with Gasteiger partial charge in [0.05, 0.1) is 5.25 Å². The number of nitrogens with one attached hydrogen (secondary N) is 1. The molecule has 0 spiro atoms. The molecule has 2 aromatic carbocycles. The lowest BCUT2D eigenvalue weighted by Gasteiger charge is -2.27. The van der Waals surface area contributed by atoms with E-state index in [0.717, 1.165) is 13.0 Å². The van der Waals surface area contributed by atoms with Crippen molar-refractivity contribution in [3.8, 4) is 0 Å². The van der Waals surface area contributed by atoms with Crippen molar-refractivity contribution in [2.24, 2.45) is 0 Å². The molecule has 4 rings (SSSR count). The van der Waals surface area contributed by atoms with Gasteiger partial charge in [-0.15, -0.1) is 11.8 Å². The summed E-state index contributed by atoms with van der Waals surface area (Å²) in [7, 11) is 0. The molecular formula is C22H26N2OS. The molecule has 1 atom stereocenters. The highest BCUT2D eigenvalue weighted by Gasteiger charge is 2.27. The van der Waals surface area contributed by atoms with Crippen LogP contribution in [0.25, 0.3) is 0 Å². The Morgan fingerprint density at radius 3 is 2.54 bits per heavy atom. The number of carbonyl (C=O) groups excluding carboxylic acids is 1. The van der Waals surface area contributed by atoms with Crippen molar-refractivity contribution in [3.05, 3.63) is 65.2 Å². The molecule has 136 valence electrons. The second-order valence-electron chi connectivity index (χ2n) is 7.24. The van der Waals surface area contributed by atoms with Crippen molar-refractivity contribution < 1.29 is 4.79 Å². The first-order valence-electron chi connectivity index (χ1n) is 9.61. The van der Waals surface area contributed by atoms with Crippen molar-refractivity contribution in [1.29, 1.82) is 0 Å². The van der Waals surface area contributed by atoms with Gasteiger partial charge in [-0.25, -0.2) is 0 Å². The number of thioether (sulfide) groups is 1. The van der Waals surface area contributed by atoms with Gasteiger partial charge in [-0.1, -0.05) is 48.9 Å². The van der Waals surface area contributed by atoms with Gasteiger partial charge in [0, 0.05) is 18.0 Å². The first-order valence-corrected chi connectivity index (χ1v) is 10.5. The third-order valence-electron chi connectivity index (χ3n) is 5.35. The molecule has 0 saturated carbocycles. The maximum atomic E-state index is 12.6. The number of fused-ring (bicyclic) bond motifs is 1. The Morgan fingerprint density at radius 2 is 1.73 bits per heavy atom. The van der Waals surface area contributed by atoms with E-state index in [1.165, 1.54) is 53.9 Å². The molecule has 1 fully saturated rings. The average Bonchev–Trinajstić information content (AvgIpc) is 3.12. The lowest BCUT2D eigenvalue weighted by molar-refractivity contribution is -0.120. The Balaban J connectivity index is 1.35. The Morgan fingerprint density at radius 1 is 1.00 bits per heavy atom. The fraction of sp³-hybridized carbons (Fsp3) is 0.409. The molecule has 1 N–H and O–H groups in total. The van der Waals surface area contributed by atoms with Gasteiger partial charge in [-0.2, -0.15) is 0 Å². The highest BCUT2D eigenvalue weighted by molar-refractivity contribution is 8.01. The van der Waals surface area contributed by atoms with Gasteiger partial charge in [0.15, 0.2) is 0 Å². The highest BCUT2D eigenvalue weighted by atomic mass is 32.2. The van der Waals surface area contributed by atoms with E-state index in [2.05, 4.69) is 52.7 Å². The molecule has 3 nitrogen and oxygen atoms in total. The van der Waals surface area contributed by atoms with Gasteiger partial charge < -0.3 is 5.32 Å². The summed E-state index contributed by atoms with van der Waals surface area (Å²) < 4.78 is 0. The number of likely N-dealkylation sites (tertiary alicyclic amines) is 1. The minimum atomic E-state index is 0.00153. The summed E-state index contributed by atoms with van der Waals surface area (Å²) in [4.78, 5) is 16.4. The molecule has 2 heterocycles. The summed E-state index contributed by atoms with van der Waals surface area (Å²) >= 11 is 1.69. The molecule has 0 radical (unpaired) electrons. The van der Waals surface area contributed by atoms with Crippen LogP contribution in [0.15, 0.2) is 53.4 Å². The van der Waals surface area contributed by atoms with Crippen LogP contribution < -0.4 is 5.32 Å². The van der Waals surface area contributed by atoms with Crippen LogP contribution in [0.1, 0.15) is 36.0 Å². The molecule has 4 heteroatoms. The Labute approximate surface area is 160 Å². The number of benzene rings is 2. The molecule has 2 aromatic rings. The fourth-order valence-electron chi connectivity index (χ4n) is 3.87. The number of carbonyl (C=O) groups is 1. The Hall–Kier alpha value is -1.78. The second kappa shape index (κ2) is 8.28. The van der Waals surface area contributed by atoms with Crippen molar-refractivity contribution in [3.63, 3.8) is 0 Å². The number of hydrogen-bond acceptors (Lipinski definition) is 3. The first kappa shape index (κ1) is 17.6. The zero-order valence-electron chi connectivity index (χ0n) is 15.1. The normalized spacial score (nSPS) is 19.9. The van der Waals surface area contributed by atoms with Crippen LogP contribution in [-0.2, 0) is 24.3 Å². The molecular weight excluding hydrogens is 340 g/mol. The zero-order valence-corrected chi connectivity index (χ0v) is 15.9. The predicted octanol–water partition coefficient (Wildman–Crippen LogP) is 4.01. The van der Waals surface area contributed by atoms with Gasteiger partial charge in [0.1, 0.15) is 0 Å². The van der Waals surface area contributed by atoms with E-state index < -0.39 is 0 Å². The van der Waals surface area contributed by atoms with Crippen LogP contribution in [0, 0.1) is 0 Å². The highest BCUT2D eigenvalue weighted by Crippen LogP contribution is 2.36. The summed E-state index contributed by atoms with van der Waals surface area (Å²) in [6.07, 6.45) is 4.80. The quantitative estimate of drug-likeness (QED) is 0.868. The molecule has 0 aromatic heterocycles. The van der Waals surface area contributed by atoms with Crippen LogP contribution in [0.2, 0.25) is 0 Å². The van der Waals surface area contributed by atoms with Crippen molar-refractivity contribution in [1.82, 2.24) is 10.2 Å². The van der Waals surface area contributed by atoms with E-state index in [9.17, 15) is 4.79 Å². The molecule has 0 unspecified atom stereocenters. The van der Waals surface area contributed by atoms with E-state index >= 15 is 0 Å². The van der Waals surface area contributed by atoms with Gasteiger partial charge in [0.2, 0.25) is 5.91 Å². The third kappa shape index (κ3) is 4.13. The van der Waals surface area contributed by atoms with Crippen molar-refractivity contribution in [2.45, 2.75) is 48.9 Å². The number of hydrogen-bond donors (Lipinski definition) is 1. The van der Waals surface area contributed by atoms with E-state index in [-0.39, 0.29) is 11.2 Å². The lowest BCUT2D eigenvalue weighted by Crippen LogP contribution is -2.33. The number of nitrogens with zero attached hydrogens (tertiary/aromatic N) is 1. The molecule has 1 saturated heterocycles. The summed E-state index contributed by atoms with van der Waals surface area (Å²) in [6.45, 7) is 4.00. The van der Waals surface area contributed by atoms with Gasteiger partial charge >= 0.3 is 0 Å². The van der Waals surface area contributed by atoms with Crippen LogP contribution in [0.4, 0.5) is 0 Å². The number of piperidine rings is 1. The molecule has 2 aliphatic rings. The lowest BCUT2D eigenvalue weighted by atomic mass is 10.0. The van der Waals surface area contributed by atoms with E-state index in [1.807, 2.05) is 6.07 Å². The number of amides is 1. The van der Waals surface area contributed by atoms with Crippen LogP contribution in [0.5, 0.6) is 0 Å². The summed E-state index contributed by atoms with van der Waals surface area (Å²) in [5.74, 6) is 0.152. The standard InChI is InChI=1S/C22H26N2OS/c25-22(21-14-17-8-4-5-11-20(17)26-21)23-15-18-9-2-3-10-19(18)16-24-12-6-1-7-13-24/h2-5,8-11,21H,1,6-7,12-16H2,(H,23,25)/t21-/m0/s1. The SMILES string of the molecule is O=C(NCc1ccccc1CN1CCCCC1)[C@@H]1Cc2ccccc2S1. The topological polar surface area (TPSA) is 32.3 Å². The number of rotatable bonds is 5. The van der Waals surface area contributed by atoms with Crippen LogP contribution in [0.3, 0.4) is 0 Å². The summed E-state index contributed by atoms with van der Waals surface area (Å²) in [5, 5.41) is 3.18. The second-order valence-corrected chi connectivity index (χ2v) is 8.49. The average molecular weight is 367 g/mol. The fourth-order valence-corrected chi connectivity index (χ4v) is 5.09. The zero-order chi connectivity index (χ0) is 17.8. The minimum Gasteiger partial charge on any atom is -0.351 e. The maximum absolute atomic E-state index is 12.6. The van der Waals surface area contributed by atoms with Crippen molar-refractivity contribution >= 4 is 17.7 Å². The molecule has 1 amide bonds. The predicted molar refractivity (Wildman–Crippen MR) is 107 cm³/mol. The Kier molecular flexibility index (Phi) is 5.61. The van der Waals surface area contributed by atoms with Gasteiger partial charge in [0.25, 0.3) is 0 Å². The molecule has 0 bridgehead atoms. The van der Waals surface area contributed by atoms with Gasteiger partial charge in [-0.05, 0) is 55.1 Å². The van der Waals surface area contributed by atoms with Gasteiger partial charge in [-0.3, -0.25) is 9.69 Å². The molecule has 0 aliphatic carbocycles. The molecule has 2 aliphatic heterocycles. The first-order chi connectivity index (χ1) is 12.8.